The quantitative estimate of drug-likeness (QED) is 0.213. The molecule has 2 atom stereocenters. The molecule has 0 spiro atoms. The van der Waals surface area contributed by atoms with Crippen molar-refractivity contribution in [3.05, 3.63) is 107 Å². The van der Waals surface area contributed by atoms with Crippen LogP contribution in [0.2, 0.25) is 0 Å². The number of halogens is 3. The minimum absolute atomic E-state index is 0.106. The van der Waals surface area contributed by atoms with Crippen LogP contribution in [0.4, 0.5) is 35.2 Å². The molecule has 2 unspecified atom stereocenters. The minimum Gasteiger partial charge on any atom is -0.475 e. The van der Waals surface area contributed by atoms with E-state index in [2.05, 4.69) is 51.8 Å². The lowest BCUT2D eigenvalue weighted by Crippen LogP contribution is -2.54. The summed E-state index contributed by atoms with van der Waals surface area (Å²) in [5.74, 6) is -2.05. The number of aliphatic carboxylic acids is 1. The number of benzene rings is 3. The smallest absolute Gasteiger partial charge is 0.475 e. The zero-order chi connectivity index (χ0) is 33.4. The molecule has 4 N–H and O–H groups in total. The third kappa shape index (κ3) is 9.41. The summed E-state index contributed by atoms with van der Waals surface area (Å²) < 4.78 is 33.3. The van der Waals surface area contributed by atoms with E-state index in [0.717, 1.165) is 35.3 Å². The highest BCUT2D eigenvalue weighted by atomic mass is 19.4. The van der Waals surface area contributed by atoms with Crippen molar-refractivity contribution in [1.29, 1.82) is 0 Å². The number of anilines is 3. The Kier molecular flexibility index (Phi) is 10.8. The van der Waals surface area contributed by atoms with Gasteiger partial charge >= 0.3 is 18.2 Å². The molecule has 1 aliphatic rings. The van der Waals surface area contributed by atoms with E-state index >= 15 is 0 Å². The number of nitrogens with zero attached hydrogens (tertiary/aromatic N) is 3. The lowest BCUT2D eigenvalue weighted by Gasteiger charge is -2.36. The van der Waals surface area contributed by atoms with Gasteiger partial charge in [-0.3, -0.25) is 9.36 Å². The summed E-state index contributed by atoms with van der Waals surface area (Å²) >= 11 is 0. The van der Waals surface area contributed by atoms with Gasteiger partial charge in [0.05, 0.1) is 6.54 Å². The van der Waals surface area contributed by atoms with Gasteiger partial charge in [0.25, 0.3) is 5.56 Å². The Bertz CT molecular complexity index is 1700. The van der Waals surface area contributed by atoms with E-state index in [1.54, 1.807) is 17.0 Å². The van der Waals surface area contributed by atoms with E-state index in [-0.39, 0.29) is 11.6 Å². The molecule has 10 nitrogen and oxygen atoms in total. The second-order valence-electron chi connectivity index (χ2n) is 11.1. The molecule has 0 aliphatic carbocycles. The zero-order valence-corrected chi connectivity index (χ0v) is 25.5. The molecule has 1 saturated heterocycles. The molecule has 0 bridgehead atoms. The van der Waals surface area contributed by atoms with Crippen LogP contribution in [0.1, 0.15) is 25.0 Å². The topological polar surface area (TPSA) is 129 Å². The first-order chi connectivity index (χ1) is 21.8. The second kappa shape index (κ2) is 14.7. The number of rotatable bonds is 6. The van der Waals surface area contributed by atoms with Gasteiger partial charge in [-0.2, -0.15) is 13.2 Å². The Hall–Kier alpha value is -5.17. The molecule has 3 aromatic carbocycles. The average Bonchev–Trinajstić information content (AvgIpc) is 3.00. The van der Waals surface area contributed by atoms with Crippen LogP contribution in [-0.2, 0) is 11.3 Å². The molecule has 0 radical (unpaired) electrons. The average molecular weight is 637 g/mol. The number of carboxylic acid groups (broad SMARTS) is 1. The second-order valence-corrected chi connectivity index (χ2v) is 11.1. The molecule has 4 aromatic rings. The molecule has 242 valence electrons. The Balaban J connectivity index is 0.000000617. The predicted octanol–water partition coefficient (Wildman–Crippen LogP) is 5.73. The van der Waals surface area contributed by atoms with Crippen molar-refractivity contribution >= 4 is 29.2 Å². The maximum absolute atomic E-state index is 12.9. The summed E-state index contributed by atoms with van der Waals surface area (Å²) in [6.07, 6.45) is -3.48. The standard InChI is InChI=1S/C31H34N6O2.C2HF3O2/c1-21-9-10-24(19-37-20-32-29(16-30(37)38)36-17-22(2)33-23(3)18-36)15-28(21)35-31(39)34-27-13-11-26(12-14-27)25-7-5-4-6-8-25;3-2(4,5)1(6)7/h4-16,20,22-23,33H,17-19H2,1-3H3,(H2,34,35,39);(H,6,7). The van der Waals surface area contributed by atoms with E-state index in [4.69, 9.17) is 9.90 Å². The van der Waals surface area contributed by atoms with Crippen molar-refractivity contribution in [1.82, 2.24) is 14.9 Å². The van der Waals surface area contributed by atoms with Crippen LogP contribution >= 0.6 is 0 Å². The largest absolute Gasteiger partial charge is 0.490 e. The molecule has 0 saturated carbocycles. The van der Waals surface area contributed by atoms with Gasteiger partial charge in [-0.1, -0.05) is 54.6 Å². The highest BCUT2D eigenvalue weighted by molar-refractivity contribution is 6.00. The maximum atomic E-state index is 12.9. The predicted molar refractivity (Wildman–Crippen MR) is 171 cm³/mol. The lowest BCUT2D eigenvalue weighted by atomic mass is 10.1. The molecule has 13 heteroatoms. The number of hydrogen-bond acceptors (Lipinski definition) is 6. The van der Waals surface area contributed by atoms with Crippen molar-refractivity contribution in [2.75, 3.05) is 28.6 Å². The number of nitrogens with one attached hydrogen (secondary N) is 3. The summed E-state index contributed by atoms with van der Waals surface area (Å²) in [4.78, 5) is 41.3. The Morgan fingerprint density at radius 2 is 1.54 bits per heavy atom. The number of hydrogen-bond donors (Lipinski definition) is 4. The van der Waals surface area contributed by atoms with Crippen molar-refractivity contribution in [3.8, 4) is 11.1 Å². The van der Waals surface area contributed by atoms with E-state index < -0.39 is 12.1 Å². The summed E-state index contributed by atoms with van der Waals surface area (Å²) in [7, 11) is 0. The van der Waals surface area contributed by atoms with Crippen molar-refractivity contribution in [3.63, 3.8) is 0 Å². The molecular weight excluding hydrogens is 601 g/mol. The third-order valence-electron chi connectivity index (χ3n) is 7.14. The minimum atomic E-state index is -5.08. The van der Waals surface area contributed by atoms with Crippen molar-refractivity contribution in [2.24, 2.45) is 0 Å². The Morgan fingerprint density at radius 3 is 2.13 bits per heavy atom. The van der Waals surface area contributed by atoms with Gasteiger partial charge < -0.3 is 26.0 Å². The van der Waals surface area contributed by atoms with E-state index in [1.807, 2.05) is 67.6 Å². The molecule has 2 heterocycles. The van der Waals surface area contributed by atoms with Crippen LogP contribution in [0, 0.1) is 6.92 Å². The van der Waals surface area contributed by atoms with Crippen molar-refractivity contribution in [2.45, 2.75) is 45.6 Å². The van der Waals surface area contributed by atoms with Crippen molar-refractivity contribution < 1.29 is 27.9 Å². The number of aromatic nitrogens is 2. The van der Waals surface area contributed by atoms with Gasteiger partial charge in [0, 0.05) is 42.6 Å². The molecular formula is C33H35F3N6O4. The molecule has 1 aromatic heterocycles. The van der Waals surface area contributed by atoms with Crippen LogP contribution in [0.3, 0.4) is 0 Å². The normalized spacial score (nSPS) is 16.2. The van der Waals surface area contributed by atoms with Crippen LogP contribution in [-0.4, -0.2) is 58.0 Å². The first kappa shape index (κ1) is 33.7. The highest BCUT2D eigenvalue weighted by Crippen LogP contribution is 2.22. The van der Waals surface area contributed by atoms with E-state index in [0.29, 0.717) is 35.8 Å². The lowest BCUT2D eigenvalue weighted by molar-refractivity contribution is -0.192. The van der Waals surface area contributed by atoms with Crippen LogP contribution in [0.5, 0.6) is 0 Å². The fraction of sp³-hybridized carbons (Fsp3) is 0.273. The van der Waals surface area contributed by atoms with Crippen LogP contribution in [0.15, 0.2) is 90.0 Å². The number of alkyl halides is 3. The Morgan fingerprint density at radius 1 is 0.935 bits per heavy atom. The summed E-state index contributed by atoms with van der Waals surface area (Å²) in [5.41, 5.74) is 5.31. The van der Waals surface area contributed by atoms with Gasteiger partial charge in [0.2, 0.25) is 0 Å². The number of piperazine rings is 1. The summed E-state index contributed by atoms with van der Waals surface area (Å²) in [5, 5.41) is 16.5. The molecule has 46 heavy (non-hydrogen) atoms. The zero-order valence-electron chi connectivity index (χ0n) is 25.5. The fourth-order valence-electron chi connectivity index (χ4n) is 4.98. The highest BCUT2D eigenvalue weighted by Gasteiger charge is 2.38. The third-order valence-corrected chi connectivity index (χ3v) is 7.14. The molecule has 5 rings (SSSR count). The number of amides is 2. The summed E-state index contributed by atoms with van der Waals surface area (Å²) in [6, 6.07) is 25.6. The monoisotopic (exact) mass is 636 g/mol. The number of aryl methyl sites for hydroxylation is 1. The van der Waals surface area contributed by atoms with Gasteiger partial charge in [0.1, 0.15) is 12.1 Å². The Labute approximate surface area is 263 Å². The summed E-state index contributed by atoms with van der Waals surface area (Å²) in [6.45, 7) is 8.19. The van der Waals surface area contributed by atoms with Gasteiger partial charge in [-0.15, -0.1) is 0 Å². The first-order valence-corrected chi connectivity index (χ1v) is 14.5. The maximum Gasteiger partial charge on any atom is 0.490 e. The van der Waals surface area contributed by atoms with Crippen LogP contribution < -0.4 is 26.4 Å². The number of carbonyl (C=O) groups excluding carboxylic acids is 1. The van der Waals surface area contributed by atoms with Gasteiger partial charge in [0.15, 0.2) is 0 Å². The molecule has 2 amide bonds. The van der Waals surface area contributed by atoms with E-state index in [9.17, 15) is 22.8 Å². The van der Waals surface area contributed by atoms with E-state index in [1.165, 1.54) is 0 Å². The van der Waals surface area contributed by atoms with Gasteiger partial charge in [-0.05, 0) is 61.2 Å². The fourth-order valence-corrected chi connectivity index (χ4v) is 4.98. The van der Waals surface area contributed by atoms with Crippen LogP contribution in [0.25, 0.3) is 11.1 Å². The number of carboxylic acids is 1. The molecule has 1 fully saturated rings. The first-order valence-electron chi connectivity index (χ1n) is 14.5. The SMILES string of the molecule is Cc1ccc(Cn2cnc(N3CC(C)NC(C)C3)cc2=O)cc1NC(=O)Nc1ccc(-c2ccccc2)cc1.O=C(O)C(F)(F)F. The number of urea groups is 1. The van der Waals surface area contributed by atoms with Gasteiger partial charge in [-0.25, -0.2) is 14.6 Å². The number of carbonyl (C=O) groups is 2. The molecule has 1 aliphatic heterocycles.